The molecule has 4 rings (SSSR count). The van der Waals surface area contributed by atoms with Crippen molar-refractivity contribution in [2.24, 2.45) is 20.6 Å². The van der Waals surface area contributed by atoms with Crippen molar-refractivity contribution in [3.8, 4) is 5.75 Å². The number of hydrogen-bond acceptors (Lipinski definition) is 11. The SMILES string of the molecule is O=[N+]([O-])c1cc(Cl)c(O)c(N=Nc2cc(S(=O)(=O)[O-])c3cccc4c3c2N=NN4)c1.[Na+]. The summed E-state index contributed by atoms with van der Waals surface area (Å²) in [6, 6.07) is 7.39. The summed E-state index contributed by atoms with van der Waals surface area (Å²) >= 11 is 5.78. The molecule has 0 saturated carbocycles. The second-order valence-corrected chi connectivity index (χ2v) is 7.74. The Labute approximate surface area is 200 Å². The van der Waals surface area contributed by atoms with Gasteiger partial charge in [0.2, 0.25) is 0 Å². The number of nitrogens with one attached hydrogen (secondary N) is 1. The van der Waals surface area contributed by atoms with E-state index < -0.39 is 31.4 Å². The fourth-order valence-corrected chi connectivity index (χ4v) is 3.78. The number of anilines is 1. The van der Waals surface area contributed by atoms with Gasteiger partial charge in [0.05, 0.1) is 20.5 Å². The van der Waals surface area contributed by atoms with E-state index in [0.717, 1.165) is 18.2 Å². The zero-order chi connectivity index (χ0) is 21.6. The number of halogens is 1. The second kappa shape index (κ2) is 8.45. The van der Waals surface area contributed by atoms with E-state index in [2.05, 4.69) is 26.0 Å². The van der Waals surface area contributed by atoms with E-state index in [9.17, 15) is 28.2 Å². The van der Waals surface area contributed by atoms with Gasteiger partial charge < -0.3 is 9.66 Å². The van der Waals surface area contributed by atoms with Crippen LogP contribution < -0.4 is 35.0 Å². The zero-order valence-corrected chi connectivity index (χ0v) is 19.0. The minimum Gasteiger partial charge on any atom is -0.744 e. The molecule has 0 atom stereocenters. The number of rotatable bonds is 4. The molecule has 0 amide bonds. The number of aromatic hydroxyl groups is 1. The van der Waals surface area contributed by atoms with Gasteiger partial charge in [0.15, 0.2) is 5.75 Å². The van der Waals surface area contributed by atoms with Gasteiger partial charge in [0.25, 0.3) is 5.69 Å². The fourth-order valence-electron chi connectivity index (χ4n) is 2.88. The maximum Gasteiger partial charge on any atom is 1.00 e. The molecule has 0 bridgehead atoms. The summed E-state index contributed by atoms with van der Waals surface area (Å²) in [7, 11) is -4.90. The Hall–Kier alpha value is -2.68. The maximum atomic E-state index is 11.8. The molecule has 1 aliphatic rings. The van der Waals surface area contributed by atoms with E-state index in [0.29, 0.717) is 5.69 Å². The number of nitrogens with zero attached hydrogens (tertiary/aromatic N) is 5. The molecular weight excluding hydrogens is 463 g/mol. The minimum atomic E-state index is -4.90. The first-order valence-electron chi connectivity index (χ1n) is 7.98. The third-order valence-corrected chi connectivity index (χ3v) is 5.34. The molecular formula is C16H8ClN6NaO6S. The summed E-state index contributed by atoms with van der Waals surface area (Å²) in [5.74, 6) is -0.568. The maximum absolute atomic E-state index is 11.8. The topological polar surface area (TPSA) is 182 Å². The van der Waals surface area contributed by atoms with E-state index in [1.54, 1.807) is 6.07 Å². The Morgan fingerprint density at radius 3 is 2.55 bits per heavy atom. The van der Waals surface area contributed by atoms with Crippen LogP contribution in [-0.4, -0.2) is 23.0 Å². The molecule has 0 radical (unpaired) electrons. The van der Waals surface area contributed by atoms with Crippen LogP contribution in [0, 0.1) is 10.1 Å². The van der Waals surface area contributed by atoms with Crippen LogP contribution in [0.15, 0.2) is 61.9 Å². The van der Waals surface area contributed by atoms with Crippen LogP contribution in [-0.2, 0) is 10.1 Å². The molecule has 0 fully saturated rings. The quantitative estimate of drug-likeness (QED) is 0.191. The number of phenols is 1. The van der Waals surface area contributed by atoms with E-state index in [1.165, 1.54) is 12.1 Å². The van der Waals surface area contributed by atoms with Gasteiger partial charge >= 0.3 is 29.6 Å². The molecule has 31 heavy (non-hydrogen) atoms. The number of nitro groups is 1. The van der Waals surface area contributed by atoms with Crippen LogP contribution in [0.25, 0.3) is 10.8 Å². The molecule has 0 spiro atoms. The Morgan fingerprint density at radius 1 is 1.16 bits per heavy atom. The largest absolute Gasteiger partial charge is 1.00 e. The minimum absolute atomic E-state index is 0. The zero-order valence-electron chi connectivity index (χ0n) is 15.5. The summed E-state index contributed by atoms with van der Waals surface area (Å²) in [6.07, 6.45) is 0. The molecule has 2 N–H and O–H groups in total. The van der Waals surface area contributed by atoms with Crippen molar-refractivity contribution in [1.82, 2.24) is 0 Å². The molecule has 3 aromatic rings. The Morgan fingerprint density at radius 2 is 1.87 bits per heavy atom. The van der Waals surface area contributed by atoms with Crippen molar-refractivity contribution in [3.05, 3.63) is 51.5 Å². The summed E-state index contributed by atoms with van der Waals surface area (Å²) < 4.78 is 35.4. The predicted molar refractivity (Wildman–Crippen MR) is 104 cm³/mol. The van der Waals surface area contributed by atoms with Gasteiger partial charge in [-0.2, -0.15) is 0 Å². The van der Waals surface area contributed by atoms with Crippen molar-refractivity contribution in [1.29, 1.82) is 0 Å². The molecule has 3 aromatic carbocycles. The molecule has 0 aromatic heterocycles. The number of azo groups is 1. The average Bonchev–Trinajstić information content (AvgIpc) is 2.69. The first-order chi connectivity index (χ1) is 14.2. The molecule has 1 aliphatic heterocycles. The number of phenolic OH excluding ortho intramolecular Hbond substituents is 1. The van der Waals surface area contributed by atoms with Gasteiger partial charge in [-0.1, -0.05) is 29.0 Å². The second-order valence-electron chi connectivity index (χ2n) is 5.99. The first-order valence-corrected chi connectivity index (χ1v) is 9.76. The number of hydrogen-bond donors (Lipinski definition) is 2. The van der Waals surface area contributed by atoms with E-state index >= 15 is 0 Å². The average molecular weight is 471 g/mol. The smallest absolute Gasteiger partial charge is 0.744 e. The summed E-state index contributed by atoms with van der Waals surface area (Å²) in [4.78, 5) is 9.70. The van der Waals surface area contributed by atoms with Gasteiger partial charge in [-0.25, -0.2) is 8.42 Å². The number of benzene rings is 3. The monoisotopic (exact) mass is 470 g/mol. The molecule has 12 nitrogen and oxygen atoms in total. The van der Waals surface area contributed by atoms with Crippen LogP contribution in [0.2, 0.25) is 5.02 Å². The van der Waals surface area contributed by atoms with Crippen LogP contribution in [0.5, 0.6) is 5.75 Å². The van der Waals surface area contributed by atoms with Gasteiger partial charge in [0, 0.05) is 22.9 Å². The van der Waals surface area contributed by atoms with Gasteiger partial charge in [-0.05, 0) is 12.1 Å². The van der Waals surface area contributed by atoms with E-state index in [-0.39, 0.29) is 62.4 Å². The van der Waals surface area contributed by atoms with Crippen molar-refractivity contribution < 1.29 is 52.6 Å². The van der Waals surface area contributed by atoms with Gasteiger partial charge in [0.1, 0.15) is 27.2 Å². The van der Waals surface area contributed by atoms with Gasteiger partial charge in [-0.3, -0.25) is 15.5 Å². The van der Waals surface area contributed by atoms with Gasteiger partial charge in [-0.15, -0.1) is 15.3 Å². The fraction of sp³-hybridized carbons (Fsp3) is 0. The molecule has 0 aliphatic carbocycles. The summed E-state index contributed by atoms with van der Waals surface area (Å²) in [5, 5.41) is 36.3. The van der Waals surface area contributed by atoms with Crippen molar-refractivity contribution in [2.45, 2.75) is 4.90 Å². The van der Waals surface area contributed by atoms with Crippen molar-refractivity contribution in [3.63, 3.8) is 0 Å². The molecule has 0 unspecified atom stereocenters. The molecule has 152 valence electrons. The van der Waals surface area contributed by atoms with Crippen molar-refractivity contribution >= 4 is 60.9 Å². The van der Waals surface area contributed by atoms with E-state index in [4.69, 9.17) is 11.6 Å². The summed E-state index contributed by atoms with van der Waals surface area (Å²) in [5.41, 5.74) is 2.17. The molecule has 0 saturated heterocycles. The number of non-ortho nitro benzene ring substituents is 1. The first kappa shape index (κ1) is 23.0. The van der Waals surface area contributed by atoms with Crippen LogP contribution in [0.4, 0.5) is 28.4 Å². The summed E-state index contributed by atoms with van der Waals surface area (Å²) in [6.45, 7) is 0. The number of nitro benzene ring substituents is 1. The van der Waals surface area contributed by atoms with Crippen LogP contribution in [0.3, 0.4) is 0 Å². The Kier molecular flexibility index (Phi) is 6.27. The van der Waals surface area contributed by atoms with E-state index in [1.807, 2.05) is 0 Å². The molecule has 15 heteroatoms. The third kappa shape index (κ3) is 4.23. The Balaban J connectivity index is 0.00000272. The molecule has 1 heterocycles. The Bertz CT molecular complexity index is 1410. The third-order valence-electron chi connectivity index (χ3n) is 4.17. The van der Waals surface area contributed by atoms with Crippen LogP contribution in [0.1, 0.15) is 0 Å². The van der Waals surface area contributed by atoms with Crippen molar-refractivity contribution in [2.75, 3.05) is 5.43 Å². The predicted octanol–water partition coefficient (Wildman–Crippen LogP) is 1.85. The normalized spacial score (nSPS) is 12.6. The van der Waals surface area contributed by atoms with Crippen LogP contribution >= 0.6 is 11.6 Å². The standard InChI is InChI=1S/C16H9ClN6O6S.Na/c17-9-4-7(23(25)26)5-12(16(9)24)19-18-11-6-13(30(27,28)29)8-2-1-3-10-14(8)15(11)21-22-20-10;/h1-6,24H,(H,20,21)(H,27,28,29);/q;+1/p-1.